The van der Waals surface area contributed by atoms with E-state index in [1.165, 1.54) is 13.9 Å². The Hall–Kier alpha value is -5.95. The average Bonchev–Trinajstić information content (AvgIpc) is 3.47. The normalized spacial score (nSPS) is 18.3. The Kier molecular flexibility index (Phi) is 11.8. The monoisotopic (exact) mass is 758 g/mol. The summed E-state index contributed by atoms with van der Waals surface area (Å²) >= 11 is 0. The molecule has 56 heavy (non-hydrogen) atoms. The molecule has 3 aromatic carbocycles. The van der Waals surface area contributed by atoms with Gasteiger partial charge in [-0.05, 0) is 71.6 Å². The highest BCUT2D eigenvalue weighted by Gasteiger charge is 2.37. The molecule has 2 aliphatic heterocycles. The number of carbonyl (C=O) groups is 3. The SMILES string of the molecule is NCc1ccc(CNC(=O)C2C=CC(C3CCN(C(=O)CCCNC(=O)CC4=CC=C(N)CC4)CC3)n3c(=O)n(Cc4cccc5ccccc45)c(=O)n32)cc1. The van der Waals surface area contributed by atoms with Gasteiger partial charge in [-0.2, -0.15) is 0 Å². The Morgan fingerprint density at radius 2 is 1.54 bits per heavy atom. The van der Waals surface area contributed by atoms with Crippen LogP contribution in [0.4, 0.5) is 0 Å². The standard InChI is InChI=1S/C43H50N8O5/c44-26-30-10-12-31(13-11-30)27-47-41(54)38-19-18-37(50-42(55)49(43(56)51(38)50)28-34-7-3-6-32-5-1-2-8-36(32)34)33-20-23-48(24-21-33)40(53)9-4-22-46-39(52)25-29-14-16-35(45)17-15-29/h1-3,5-8,10-14,16,18-19,33,37-38H,4,9,15,17,20-28,44-45H2,(H,46,52)(H,47,54). The quantitative estimate of drug-likeness (QED) is 0.119. The molecule has 0 bridgehead atoms. The molecule has 0 saturated carbocycles. The molecule has 3 heterocycles. The zero-order valence-electron chi connectivity index (χ0n) is 31.6. The number of carbonyl (C=O) groups excluding carboxylic acids is 3. The van der Waals surface area contributed by atoms with Crippen LogP contribution in [0.15, 0.2) is 112 Å². The molecule has 4 aromatic rings. The second-order valence-corrected chi connectivity index (χ2v) is 15.0. The van der Waals surface area contributed by atoms with Gasteiger partial charge in [-0.1, -0.05) is 90.5 Å². The van der Waals surface area contributed by atoms with Crippen molar-refractivity contribution in [2.24, 2.45) is 17.4 Å². The van der Waals surface area contributed by atoms with Crippen molar-refractivity contribution in [3.63, 3.8) is 0 Å². The number of nitrogens with two attached hydrogens (primary N) is 2. The first-order chi connectivity index (χ1) is 27.2. The second kappa shape index (κ2) is 17.2. The van der Waals surface area contributed by atoms with Gasteiger partial charge < -0.3 is 27.0 Å². The summed E-state index contributed by atoms with van der Waals surface area (Å²) in [5.41, 5.74) is 15.1. The molecular formula is C43H50N8O5. The summed E-state index contributed by atoms with van der Waals surface area (Å²) in [7, 11) is 0. The van der Waals surface area contributed by atoms with Gasteiger partial charge in [-0.3, -0.25) is 14.4 Å². The van der Waals surface area contributed by atoms with Gasteiger partial charge in [0.2, 0.25) is 17.7 Å². The summed E-state index contributed by atoms with van der Waals surface area (Å²) in [5.74, 6) is -0.477. The zero-order chi connectivity index (χ0) is 39.2. The molecule has 2 unspecified atom stereocenters. The number of nitrogens with zero attached hydrogens (tertiary/aromatic N) is 4. The van der Waals surface area contributed by atoms with Crippen LogP contribution in [-0.2, 0) is 34.0 Å². The number of aromatic nitrogens is 3. The molecule has 1 saturated heterocycles. The van der Waals surface area contributed by atoms with E-state index in [2.05, 4.69) is 10.6 Å². The lowest BCUT2D eigenvalue weighted by Crippen LogP contribution is -2.46. The van der Waals surface area contributed by atoms with Crippen LogP contribution in [0, 0.1) is 5.92 Å². The van der Waals surface area contributed by atoms with E-state index in [4.69, 9.17) is 11.5 Å². The highest BCUT2D eigenvalue weighted by atomic mass is 16.2. The molecule has 13 nitrogen and oxygen atoms in total. The van der Waals surface area contributed by atoms with Crippen LogP contribution in [0.3, 0.4) is 0 Å². The highest BCUT2D eigenvalue weighted by Crippen LogP contribution is 2.33. The van der Waals surface area contributed by atoms with Crippen molar-refractivity contribution in [2.75, 3.05) is 19.6 Å². The number of hydrogen-bond acceptors (Lipinski definition) is 7. The maximum absolute atomic E-state index is 14.4. The van der Waals surface area contributed by atoms with E-state index < -0.39 is 29.4 Å². The Morgan fingerprint density at radius 3 is 2.29 bits per heavy atom. The number of piperidine rings is 1. The molecule has 1 aromatic heterocycles. The van der Waals surface area contributed by atoms with Crippen molar-refractivity contribution >= 4 is 28.5 Å². The fourth-order valence-corrected chi connectivity index (χ4v) is 8.03. The maximum Gasteiger partial charge on any atom is 0.348 e. The first-order valence-corrected chi connectivity index (χ1v) is 19.5. The third-order valence-corrected chi connectivity index (χ3v) is 11.2. The fraction of sp³-hybridized carbons (Fsp3) is 0.372. The van der Waals surface area contributed by atoms with Crippen molar-refractivity contribution in [3.05, 3.63) is 140 Å². The maximum atomic E-state index is 14.4. The van der Waals surface area contributed by atoms with Crippen molar-refractivity contribution in [1.29, 1.82) is 0 Å². The molecule has 2 atom stereocenters. The van der Waals surface area contributed by atoms with E-state index in [9.17, 15) is 24.0 Å². The van der Waals surface area contributed by atoms with E-state index in [1.54, 1.807) is 6.08 Å². The minimum absolute atomic E-state index is 0.0252. The number of amides is 3. The molecule has 1 fully saturated rings. The summed E-state index contributed by atoms with van der Waals surface area (Å²) in [6.45, 7) is 2.16. The van der Waals surface area contributed by atoms with Crippen LogP contribution >= 0.6 is 0 Å². The summed E-state index contributed by atoms with van der Waals surface area (Å²) in [5, 5.41) is 7.82. The van der Waals surface area contributed by atoms with Gasteiger partial charge in [0.05, 0.1) is 12.6 Å². The molecule has 6 N–H and O–H groups in total. The number of nitrogens with one attached hydrogen (secondary N) is 2. The molecule has 0 radical (unpaired) electrons. The summed E-state index contributed by atoms with van der Waals surface area (Å²) in [6, 6.07) is 19.8. The van der Waals surface area contributed by atoms with E-state index in [0.29, 0.717) is 58.3 Å². The molecular weight excluding hydrogens is 709 g/mol. The lowest BCUT2D eigenvalue weighted by atomic mass is 9.88. The van der Waals surface area contributed by atoms with E-state index in [-0.39, 0.29) is 30.8 Å². The van der Waals surface area contributed by atoms with E-state index in [1.807, 2.05) is 89.9 Å². The third-order valence-electron chi connectivity index (χ3n) is 11.2. The Bertz CT molecular complexity index is 2300. The second-order valence-electron chi connectivity index (χ2n) is 15.0. The Balaban J connectivity index is 1.03. The largest absolute Gasteiger partial charge is 0.402 e. The van der Waals surface area contributed by atoms with Crippen LogP contribution in [-0.4, -0.2) is 56.2 Å². The van der Waals surface area contributed by atoms with Crippen molar-refractivity contribution < 1.29 is 14.4 Å². The number of rotatable bonds is 13. The van der Waals surface area contributed by atoms with Gasteiger partial charge in [0.15, 0.2) is 6.04 Å². The summed E-state index contributed by atoms with van der Waals surface area (Å²) < 4.78 is 4.00. The minimum atomic E-state index is -1.03. The number of hydrogen-bond donors (Lipinski definition) is 4. The zero-order valence-corrected chi connectivity index (χ0v) is 31.6. The Morgan fingerprint density at radius 1 is 0.804 bits per heavy atom. The van der Waals surface area contributed by atoms with E-state index in [0.717, 1.165) is 51.6 Å². The lowest BCUT2D eigenvalue weighted by molar-refractivity contribution is -0.133. The highest BCUT2D eigenvalue weighted by molar-refractivity contribution is 5.85. The fourth-order valence-electron chi connectivity index (χ4n) is 8.03. The smallest absolute Gasteiger partial charge is 0.348 e. The molecule has 13 heteroatoms. The van der Waals surface area contributed by atoms with Gasteiger partial charge in [-0.15, -0.1) is 0 Å². The molecule has 292 valence electrons. The van der Waals surface area contributed by atoms with Gasteiger partial charge in [-0.25, -0.2) is 23.5 Å². The van der Waals surface area contributed by atoms with E-state index >= 15 is 0 Å². The topological polar surface area (TPSA) is 179 Å². The number of benzene rings is 3. The van der Waals surface area contributed by atoms with Crippen LogP contribution < -0.4 is 33.5 Å². The van der Waals surface area contributed by atoms with Gasteiger partial charge >= 0.3 is 11.4 Å². The minimum Gasteiger partial charge on any atom is -0.402 e. The Labute approximate surface area is 325 Å². The molecule has 1 aliphatic carbocycles. The predicted molar refractivity (Wildman–Crippen MR) is 215 cm³/mol. The number of fused-ring (bicyclic) bond motifs is 2. The van der Waals surface area contributed by atoms with Crippen LogP contribution in [0.2, 0.25) is 0 Å². The van der Waals surface area contributed by atoms with Gasteiger partial charge in [0.1, 0.15) is 0 Å². The predicted octanol–water partition coefficient (Wildman–Crippen LogP) is 3.53. The summed E-state index contributed by atoms with van der Waals surface area (Å²) in [4.78, 5) is 69.8. The van der Waals surface area contributed by atoms with Crippen molar-refractivity contribution in [3.8, 4) is 0 Å². The van der Waals surface area contributed by atoms with Crippen LogP contribution in [0.25, 0.3) is 10.8 Å². The van der Waals surface area contributed by atoms with Gasteiger partial charge in [0, 0.05) is 51.3 Å². The van der Waals surface area contributed by atoms with Crippen LogP contribution in [0.1, 0.15) is 73.7 Å². The third kappa shape index (κ3) is 8.47. The molecule has 7 rings (SSSR count). The first-order valence-electron chi connectivity index (χ1n) is 19.5. The van der Waals surface area contributed by atoms with Gasteiger partial charge in [0.25, 0.3) is 0 Å². The van der Waals surface area contributed by atoms with Crippen LogP contribution in [0.5, 0.6) is 0 Å². The molecule has 0 spiro atoms. The first kappa shape index (κ1) is 38.3. The number of likely N-dealkylation sites (tertiary alicyclic amines) is 1. The molecule has 3 aliphatic rings. The average molecular weight is 759 g/mol. The lowest BCUT2D eigenvalue weighted by Gasteiger charge is -2.37. The summed E-state index contributed by atoms with van der Waals surface area (Å²) in [6.07, 6.45) is 11.3. The number of allylic oxidation sites excluding steroid dienone is 4. The van der Waals surface area contributed by atoms with Crippen molar-refractivity contribution in [2.45, 2.75) is 76.7 Å². The van der Waals surface area contributed by atoms with Crippen molar-refractivity contribution in [1.82, 2.24) is 29.5 Å². The molecule has 3 amide bonds.